The molecule has 0 saturated heterocycles. The van der Waals surface area contributed by atoms with Crippen molar-refractivity contribution >= 4 is 0 Å². The van der Waals surface area contributed by atoms with E-state index in [1.54, 1.807) is 5.57 Å². The zero-order chi connectivity index (χ0) is 11.4. The molecule has 1 spiro atoms. The van der Waals surface area contributed by atoms with Gasteiger partial charge in [0.2, 0.25) is 0 Å². The summed E-state index contributed by atoms with van der Waals surface area (Å²) in [6.45, 7) is 2.42. The molecule has 0 radical (unpaired) electrons. The first kappa shape index (κ1) is 10.6. The summed E-state index contributed by atoms with van der Waals surface area (Å²) in [5, 5.41) is 0. The third kappa shape index (κ3) is 1.48. The lowest BCUT2D eigenvalue weighted by Gasteiger charge is -2.38. The van der Waals surface area contributed by atoms with Crippen LogP contribution in [0.5, 0.6) is 0 Å². The number of hydrogen-bond donors (Lipinski definition) is 0. The molecular weight excluding hydrogens is 194 g/mol. The fourth-order valence-electron chi connectivity index (χ4n) is 3.39. The third-order valence-electron chi connectivity index (χ3n) is 5.28. The fraction of sp³-hybridized carbons (Fsp3) is 0.733. The molecule has 0 aromatic carbocycles. The van der Waals surface area contributed by atoms with Crippen LogP contribution in [0.15, 0.2) is 23.8 Å². The predicted octanol–water partition coefficient (Wildman–Crippen LogP) is 3.38. The number of nitrogens with zero attached hydrogens (tertiary/aromatic N) is 1. The molecule has 2 unspecified atom stereocenters. The predicted molar refractivity (Wildman–Crippen MR) is 68.3 cm³/mol. The molecule has 1 nitrogen and oxygen atoms in total. The van der Waals surface area contributed by atoms with Crippen LogP contribution in [0.1, 0.15) is 39.0 Å². The number of rotatable bonds is 4. The van der Waals surface area contributed by atoms with Crippen LogP contribution in [0.3, 0.4) is 0 Å². The summed E-state index contributed by atoms with van der Waals surface area (Å²) in [6.07, 6.45) is 14.0. The Morgan fingerprint density at radius 3 is 2.62 bits per heavy atom. The molecule has 0 bridgehead atoms. The Morgan fingerprint density at radius 1 is 1.44 bits per heavy atom. The van der Waals surface area contributed by atoms with Crippen molar-refractivity contribution in [3.8, 4) is 0 Å². The van der Waals surface area contributed by atoms with Crippen LogP contribution < -0.4 is 0 Å². The van der Waals surface area contributed by atoms with Crippen LogP contribution >= 0.6 is 0 Å². The summed E-state index contributed by atoms with van der Waals surface area (Å²) >= 11 is 0. The molecule has 0 aliphatic heterocycles. The lowest BCUT2D eigenvalue weighted by Crippen LogP contribution is -2.43. The summed E-state index contributed by atoms with van der Waals surface area (Å²) in [5.41, 5.74) is 2.64. The van der Waals surface area contributed by atoms with Crippen molar-refractivity contribution in [2.45, 2.75) is 44.6 Å². The van der Waals surface area contributed by atoms with E-state index in [4.69, 9.17) is 0 Å². The summed E-state index contributed by atoms with van der Waals surface area (Å²) in [5.74, 6) is 1.01. The SMILES string of the molecule is CN(C)C(C)(CC1CC12CC2)C1=CCC=C1. The molecule has 2 atom stereocenters. The second-order valence-corrected chi connectivity index (χ2v) is 6.43. The Kier molecular flexibility index (Phi) is 2.13. The highest BCUT2D eigenvalue weighted by atomic mass is 15.1. The minimum absolute atomic E-state index is 0.268. The highest BCUT2D eigenvalue weighted by Gasteiger charge is 2.63. The van der Waals surface area contributed by atoms with Gasteiger partial charge < -0.3 is 0 Å². The summed E-state index contributed by atoms with van der Waals surface area (Å²) in [4.78, 5) is 2.42. The van der Waals surface area contributed by atoms with Gasteiger partial charge in [-0.2, -0.15) is 0 Å². The van der Waals surface area contributed by atoms with E-state index >= 15 is 0 Å². The molecule has 0 N–H and O–H groups in total. The quantitative estimate of drug-likeness (QED) is 0.698. The van der Waals surface area contributed by atoms with Crippen LogP contribution in [0.4, 0.5) is 0 Å². The van der Waals surface area contributed by atoms with E-state index in [1.165, 1.54) is 25.7 Å². The van der Waals surface area contributed by atoms with E-state index in [0.29, 0.717) is 0 Å². The molecule has 3 aliphatic carbocycles. The molecule has 1 heteroatoms. The van der Waals surface area contributed by atoms with E-state index in [1.807, 2.05) is 0 Å². The zero-order valence-corrected chi connectivity index (χ0v) is 10.8. The maximum absolute atomic E-state index is 2.42. The number of allylic oxidation sites excluding steroid dienone is 2. The third-order valence-corrected chi connectivity index (χ3v) is 5.28. The minimum atomic E-state index is 0.268. The second kappa shape index (κ2) is 3.22. The minimum Gasteiger partial charge on any atom is -0.300 e. The smallest absolute Gasteiger partial charge is 0.0426 e. The number of likely N-dealkylation sites (N-methyl/N-ethyl adjacent to an activating group) is 1. The van der Waals surface area contributed by atoms with Crippen molar-refractivity contribution < 1.29 is 0 Å². The maximum Gasteiger partial charge on any atom is 0.0426 e. The molecule has 16 heavy (non-hydrogen) atoms. The van der Waals surface area contributed by atoms with Gasteiger partial charge in [0.25, 0.3) is 0 Å². The highest BCUT2D eigenvalue weighted by Crippen LogP contribution is 2.72. The molecule has 0 aromatic rings. The van der Waals surface area contributed by atoms with Crippen molar-refractivity contribution in [3.05, 3.63) is 23.8 Å². The first-order chi connectivity index (χ1) is 7.57. The van der Waals surface area contributed by atoms with Crippen molar-refractivity contribution in [2.75, 3.05) is 14.1 Å². The van der Waals surface area contributed by atoms with Crippen LogP contribution in [-0.4, -0.2) is 24.5 Å². The molecular formula is C15H23N. The van der Waals surface area contributed by atoms with Gasteiger partial charge in [-0.25, -0.2) is 0 Å². The Bertz CT molecular complexity index is 360. The Hall–Kier alpha value is -0.560. The van der Waals surface area contributed by atoms with Gasteiger partial charge in [-0.1, -0.05) is 18.2 Å². The van der Waals surface area contributed by atoms with Gasteiger partial charge in [-0.05, 0) is 70.0 Å². The van der Waals surface area contributed by atoms with Gasteiger partial charge in [-0.15, -0.1) is 0 Å². The van der Waals surface area contributed by atoms with E-state index in [2.05, 4.69) is 44.1 Å². The van der Waals surface area contributed by atoms with Crippen LogP contribution in [0, 0.1) is 11.3 Å². The van der Waals surface area contributed by atoms with Crippen molar-refractivity contribution in [2.24, 2.45) is 11.3 Å². The van der Waals surface area contributed by atoms with Gasteiger partial charge in [-0.3, -0.25) is 4.90 Å². The van der Waals surface area contributed by atoms with Gasteiger partial charge >= 0.3 is 0 Å². The standard InChI is InChI=1S/C15H23N/c1-14(16(2)3,12-6-4-5-7-12)10-13-11-15(13)8-9-15/h4,6-7,13H,5,8-11H2,1-3H3. The van der Waals surface area contributed by atoms with Gasteiger partial charge in [0.1, 0.15) is 0 Å². The first-order valence-corrected chi connectivity index (χ1v) is 6.61. The number of hydrogen-bond acceptors (Lipinski definition) is 1. The Morgan fingerprint density at radius 2 is 2.19 bits per heavy atom. The van der Waals surface area contributed by atoms with Crippen LogP contribution in [0.2, 0.25) is 0 Å². The average molecular weight is 217 g/mol. The fourth-order valence-corrected chi connectivity index (χ4v) is 3.39. The van der Waals surface area contributed by atoms with E-state index in [0.717, 1.165) is 17.8 Å². The molecule has 3 rings (SSSR count). The second-order valence-electron chi connectivity index (χ2n) is 6.43. The zero-order valence-electron chi connectivity index (χ0n) is 10.8. The van der Waals surface area contributed by atoms with Crippen molar-refractivity contribution in [1.82, 2.24) is 4.90 Å². The Labute approximate surface area is 99.2 Å². The summed E-state index contributed by atoms with van der Waals surface area (Å²) < 4.78 is 0. The maximum atomic E-state index is 2.42. The van der Waals surface area contributed by atoms with Gasteiger partial charge in [0.05, 0.1) is 0 Å². The molecule has 2 saturated carbocycles. The van der Waals surface area contributed by atoms with E-state index in [-0.39, 0.29) is 5.54 Å². The molecule has 88 valence electrons. The van der Waals surface area contributed by atoms with Crippen molar-refractivity contribution in [3.63, 3.8) is 0 Å². The lowest BCUT2D eigenvalue weighted by atomic mass is 9.85. The molecule has 0 heterocycles. The van der Waals surface area contributed by atoms with Crippen molar-refractivity contribution in [1.29, 1.82) is 0 Å². The molecule has 2 fully saturated rings. The summed E-state index contributed by atoms with van der Waals surface area (Å²) in [6, 6.07) is 0. The largest absolute Gasteiger partial charge is 0.300 e. The molecule has 3 aliphatic rings. The van der Waals surface area contributed by atoms with Gasteiger partial charge in [0, 0.05) is 5.54 Å². The molecule has 0 aromatic heterocycles. The highest BCUT2D eigenvalue weighted by molar-refractivity contribution is 5.36. The lowest BCUT2D eigenvalue weighted by molar-refractivity contribution is 0.193. The summed E-state index contributed by atoms with van der Waals surface area (Å²) in [7, 11) is 4.46. The normalized spacial score (nSPS) is 33.0. The van der Waals surface area contributed by atoms with Crippen LogP contribution in [0.25, 0.3) is 0 Å². The Balaban J connectivity index is 1.76. The monoisotopic (exact) mass is 217 g/mol. The van der Waals surface area contributed by atoms with Gasteiger partial charge in [0.15, 0.2) is 0 Å². The average Bonchev–Trinajstić information content (AvgIpc) is 3.08. The molecule has 0 amide bonds. The topological polar surface area (TPSA) is 3.24 Å². The first-order valence-electron chi connectivity index (χ1n) is 6.61. The van der Waals surface area contributed by atoms with E-state index < -0.39 is 0 Å². The van der Waals surface area contributed by atoms with Crippen LogP contribution in [-0.2, 0) is 0 Å². The van der Waals surface area contributed by atoms with E-state index in [9.17, 15) is 0 Å².